The number of carbonyl (C=O) groups is 1. The van der Waals surface area contributed by atoms with Gasteiger partial charge in [0.1, 0.15) is 0 Å². The van der Waals surface area contributed by atoms with Crippen LogP contribution in [0.5, 0.6) is 0 Å². The van der Waals surface area contributed by atoms with Crippen LogP contribution in [0, 0.1) is 19.3 Å². The van der Waals surface area contributed by atoms with E-state index in [0.29, 0.717) is 12.2 Å². The first-order valence-corrected chi connectivity index (χ1v) is 5.54. The summed E-state index contributed by atoms with van der Waals surface area (Å²) in [5.41, 5.74) is 2.72. The molecule has 0 aliphatic rings. The third kappa shape index (κ3) is 3.69. The molecule has 0 atom stereocenters. The Kier molecular flexibility index (Phi) is 3.74. The van der Waals surface area contributed by atoms with Gasteiger partial charge >= 0.3 is 5.97 Å². The Morgan fingerprint density at radius 2 is 1.88 bits per heavy atom. The van der Waals surface area contributed by atoms with Gasteiger partial charge in [-0.2, -0.15) is 0 Å². The Labute approximate surface area is 97.6 Å². The summed E-state index contributed by atoms with van der Waals surface area (Å²) < 4.78 is 5.29. The molecule has 0 aliphatic heterocycles. The number of hydrogen-bond acceptors (Lipinski definition) is 2. The molecule has 0 fully saturated rings. The molecule has 1 aromatic rings. The van der Waals surface area contributed by atoms with Crippen molar-refractivity contribution in [2.45, 2.75) is 34.6 Å². The van der Waals surface area contributed by atoms with Crippen LogP contribution in [-0.4, -0.2) is 12.6 Å². The van der Waals surface area contributed by atoms with Crippen LogP contribution < -0.4 is 0 Å². The fourth-order valence-electron chi connectivity index (χ4n) is 1.32. The minimum Gasteiger partial charge on any atom is -0.462 e. The van der Waals surface area contributed by atoms with Gasteiger partial charge in [-0.1, -0.05) is 38.5 Å². The Hall–Kier alpha value is -1.31. The fourth-order valence-corrected chi connectivity index (χ4v) is 1.32. The highest BCUT2D eigenvalue weighted by atomic mass is 16.5. The van der Waals surface area contributed by atoms with Crippen molar-refractivity contribution in [3.63, 3.8) is 0 Å². The molecule has 0 aromatic heterocycles. The van der Waals surface area contributed by atoms with Gasteiger partial charge in [-0.05, 0) is 30.9 Å². The Balaban J connectivity index is 2.77. The number of carbonyl (C=O) groups excluding carboxylic acids is 1. The molecule has 0 spiro atoms. The summed E-state index contributed by atoms with van der Waals surface area (Å²) in [6.45, 7) is 10.5. The van der Waals surface area contributed by atoms with Gasteiger partial charge in [0.15, 0.2) is 0 Å². The van der Waals surface area contributed by atoms with Crippen molar-refractivity contribution in [3.8, 4) is 0 Å². The van der Waals surface area contributed by atoms with E-state index in [1.165, 1.54) is 0 Å². The van der Waals surface area contributed by atoms with Gasteiger partial charge in [0.05, 0.1) is 12.2 Å². The maximum absolute atomic E-state index is 11.8. The van der Waals surface area contributed by atoms with E-state index < -0.39 is 0 Å². The van der Waals surface area contributed by atoms with Gasteiger partial charge < -0.3 is 4.74 Å². The van der Waals surface area contributed by atoms with Crippen LogP contribution in [0.25, 0.3) is 0 Å². The molecule has 0 aliphatic carbocycles. The first-order chi connectivity index (χ1) is 7.29. The molecule has 0 radical (unpaired) electrons. The second kappa shape index (κ2) is 4.69. The van der Waals surface area contributed by atoms with Crippen LogP contribution >= 0.6 is 0 Å². The lowest BCUT2D eigenvalue weighted by atomic mass is 9.98. The molecule has 2 heteroatoms. The van der Waals surface area contributed by atoms with Crippen LogP contribution in [0.1, 0.15) is 42.3 Å². The number of esters is 1. The predicted molar refractivity (Wildman–Crippen MR) is 65.7 cm³/mol. The quantitative estimate of drug-likeness (QED) is 0.713. The van der Waals surface area contributed by atoms with Crippen LogP contribution in [0.4, 0.5) is 0 Å². The summed E-state index contributed by atoms with van der Waals surface area (Å²) in [5, 5.41) is 0. The number of hydrogen-bond donors (Lipinski definition) is 0. The summed E-state index contributed by atoms with van der Waals surface area (Å²) in [7, 11) is 0. The standard InChI is InChI=1S/C14H20O2/c1-10-6-7-11(2)12(8-10)13(15)16-9-14(3,4)5/h6-8H,9H2,1-5H3. The zero-order valence-electron chi connectivity index (χ0n) is 10.8. The van der Waals surface area contributed by atoms with Gasteiger partial charge in [-0.15, -0.1) is 0 Å². The molecule has 0 N–H and O–H groups in total. The van der Waals surface area contributed by atoms with E-state index in [1.54, 1.807) is 0 Å². The maximum atomic E-state index is 11.8. The summed E-state index contributed by atoms with van der Waals surface area (Å²) in [6, 6.07) is 5.82. The summed E-state index contributed by atoms with van der Waals surface area (Å²) in [4.78, 5) is 11.8. The molecule has 16 heavy (non-hydrogen) atoms. The van der Waals surface area contributed by atoms with E-state index in [0.717, 1.165) is 11.1 Å². The van der Waals surface area contributed by atoms with Crippen LogP contribution in [0.3, 0.4) is 0 Å². The Morgan fingerprint density at radius 1 is 1.25 bits per heavy atom. The molecule has 0 bridgehead atoms. The molecule has 2 nitrogen and oxygen atoms in total. The van der Waals surface area contributed by atoms with Gasteiger partial charge in [0.2, 0.25) is 0 Å². The van der Waals surface area contributed by atoms with E-state index >= 15 is 0 Å². The van der Waals surface area contributed by atoms with Crippen LogP contribution in [-0.2, 0) is 4.74 Å². The normalized spacial score (nSPS) is 11.3. The smallest absolute Gasteiger partial charge is 0.338 e. The van der Waals surface area contributed by atoms with Crippen molar-refractivity contribution in [1.29, 1.82) is 0 Å². The van der Waals surface area contributed by atoms with Crippen molar-refractivity contribution >= 4 is 5.97 Å². The van der Waals surface area contributed by atoms with Crippen molar-refractivity contribution in [2.24, 2.45) is 5.41 Å². The third-order valence-corrected chi connectivity index (χ3v) is 2.25. The van der Waals surface area contributed by atoms with E-state index in [9.17, 15) is 4.79 Å². The van der Waals surface area contributed by atoms with Gasteiger partial charge in [0, 0.05) is 0 Å². The molecule has 0 heterocycles. The lowest BCUT2D eigenvalue weighted by molar-refractivity contribution is 0.0366. The second-order valence-electron chi connectivity index (χ2n) is 5.46. The average molecular weight is 220 g/mol. The molecule has 0 saturated heterocycles. The second-order valence-corrected chi connectivity index (χ2v) is 5.46. The average Bonchev–Trinajstić information content (AvgIpc) is 2.17. The van der Waals surface area contributed by atoms with Gasteiger partial charge in [-0.3, -0.25) is 0 Å². The van der Waals surface area contributed by atoms with E-state index in [1.807, 2.05) is 52.8 Å². The number of rotatable bonds is 2. The molecule has 0 unspecified atom stereocenters. The zero-order valence-corrected chi connectivity index (χ0v) is 10.8. The number of ether oxygens (including phenoxy) is 1. The first kappa shape index (κ1) is 12.8. The van der Waals surface area contributed by atoms with Crippen molar-refractivity contribution in [3.05, 3.63) is 34.9 Å². The van der Waals surface area contributed by atoms with E-state index in [-0.39, 0.29) is 11.4 Å². The Bertz CT molecular complexity index is 386. The summed E-state index contributed by atoms with van der Waals surface area (Å²) >= 11 is 0. The molecular formula is C14H20O2. The largest absolute Gasteiger partial charge is 0.462 e. The molecule has 1 aromatic carbocycles. The van der Waals surface area contributed by atoms with Crippen LogP contribution in [0.15, 0.2) is 18.2 Å². The topological polar surface area (TPSA) is 26.3 Å². The highest BCUT2D eigenvalue weighted by Crippen LogP contribution is 2.16. The van der Waals surface area contributed by atoms with Gasteiger partial charge in [-0.25, -0.2) is 4.79 Å². The minimum atomic E-state index is -0.226. The van der Waals surface area contributed by atoms with E-state index in [4.69, 9.17) is 4.74 Å². The number of benzene rings is 1. The summed E-state index contributed by atoms with van der Waals surface area (Å²) in [6.07, 6.45) is 0. The monoisotopic (exact) mass is 220 g/mol. The lowest BCUT2D eigenvalue weighted by Crippen LogP contribution is -2.19. The molecule has 0 amide bonds. The van der Waals surface area contributed by atoms with E-state index in [2.05, 4.69) is 0 Å². The SMILES string of the molecule is Cc1ccc(C)c(C(=O)OCC(C)(C)C)c1. The molecule has 0 saturated carbocycles. The zero-order chi connectivity index (χ0) is 12.3. The highest BCUT2D eigenvalue weighted by molar-refractivity contribution is 5.91. The lowest BCUT2D eigenvalue weighted by Gasteiger charge is -2.18. The van der Waals surface area contributed by atoms with Crippen molar-refractivity contribution in [1.82, 2.24) is 0 Å². The molecule has 88 valence electrons. The minimum absolute atomic E-state index is 0.00733. The van der Waals surface area contributed by atoms with Crippen LogP contribution in [0.2, 0.25) is 0 Å². The molecular weight excluding hydrogens is 200 g/mol. The Morgan fingerprint density at radius 3 is 2.44 bits per heavy atom. The van der Waals surface area contributed by atoms with Crippen molar-refractivity contribution < 1.29 is 9.53 Å². The van der Waals surface area contributed by atoms with Gasteiger partial charge in [0.25, 0.3) is 0 Å². The first-order valence-electron chi connectivity index (χ1n) is 5.54. The maximum Gasteiger partial charge on any atom is 0.338 e. The summed E-state index contributed by atoms with van der Waals surface area (Å²) in [5.74, 6) is -0.226. The van der Waals surface area contributed by atoms with Crippen molar-refractivity contribution in [2.75, 3.05) is 6.61 Å². The predicted octanol–water partition coefficient (Wildman–Crippen LogP) is 3.51. The molecule has 1 rings (SSSR count). The highest BCUT2D eigenvalue weighted by Gasteiger charge is 2.16. The third-order valence-electron chi connectivity index (χ3n) is 2.25. The fraction of sp³-hybridized carbons (Fsp3) is 0.500. The number of aryl methyl sites for hydroxylation is 2.